The minimum atomic E-state index is -4.32. The van der Waals surface area contributed by atoms with Crippen LogP contribution in [0.3, 0.4) is 0 Å². The maximum Gasteiger partial charge on any atom is 0.472 e. The Kier molecular flexibility index (Phi) is 31.7. The molecule has 9 heteroatoms. The maximum absolute atomic E-state index is 12.8. The van der Waals surface area contributed by atoms with E-state index < -0.39 is 20.0 Å². The molecule has 0 fully saturated rings. The normalized spacial score (nSPS) is 14.7. The van der Waals surface area contributed by atoms with Crippen molar-refractivity contribution in [2.24, 2.45) is 0 Å². The summed E-state index contributed by atoms with van der Waals surface area (Å²) in [5.41, 5.74) is 0. The molecular weight excluding hydrogens is 623 g/mol. The van der Waals surface area contributed by atoms with Gasteiger partial charge in [-0.2, -0.15) is 0 Å². The zero-order valence-electron chi connectivity index (χ0n) is 32.2. The molecule has 1 unspecified atom stereocenters. The van der Waals surface area contributed by atoms with Crippen molar-refractivity contribution in [3.8, 4) is 0 Å². The molecule has 3 atom stereocenters. The molecule has 0 heterocycles. The summed E-state index contributed by atoms with van der Waals surface area (Å²) >= 11 is 0. The lowest BCUT2D eigenvalue weighted by atomic mass is 10.0. The smallest absolute Gasteiger partial charge is 0.387 e. The number of phosphoric ester groups is 1. The molecule has 0 bridgehead atoms. The minimum absolute atomic E-state index is 0.0643. The fourth-order valence-electron chi connectivity index (χ4n) is 5.75. The molecule has 0 aromatic carbocycles. The van der Waals surface area contributed by atoms with Gasteiger partial charge in [-0.15, -0.1) is 0 Å². The molecule has 48 heavy (non-hydrogen) atoms. The summed E-state index contributed by atoms with van der Waals surface area (Å²) in [6.07, 6.45) is 34.1. The van der Waals surface area contributed by atoms with Crippen LogP contribution in [0.2, 0.25) is 0 Å². The Morgan fingerprint density at radius 1 is 0.688 bits per heavy atom. The SMILES string of the molecule is CCCCCCCCCCCCC/C=C\[C@H](O)[C@@H](COP(=O)(O)OCC[N+](C)(C)C)NC(=O)CCCCCCCCCCCCCCC. The van der Waals surface area contributed by atoms with Gasteiger partial charge in [0.05, 0.1) is 39.9 Å². The van der Waals surface area contributed by atoms with Crippen molar-refractivity contribution in [3.05, 3.63) is 12.2 Å². The van der Waals surface area contributed by atoms with E-state index >= 15 is 0 Å². The second-order valence-electron chi connectivity index (χ2n) is 15.0. The van der Waals surface area contributed by atoms with Crippen LogP contribution in [-0.4, -0.2) is 73.4 Å². The van der Waals surface area contributed by atoms with Gasteiger partial charge in [0, 0.05) is 6.42 Å². The number of hydrogen-bond donors (Lipinski definition) is 3. The molecule has 0 spiro atoms. The summed E-state index contributed by atoms with van der Waals surface area (Å²) in [5, 5.41) is 13.8. The standard InChI is InChI=1S/C39H79N2O6P/c1-6-8-10-12-14-16-18-20-22-24-26-28-30-32-38(42)37(36-47-48(44,45)46-35-34-41(3,4)5)40-39(43)33-31-29-27-25-23-21-19-17-15-13-11-9-7-2/h30,32,37-38,42H,6-29,31,33-36H2,1-5H3,(H-,40,43,44,45)/p+1/b32-30-/t37-,38+/m1/s1. The fourth-order valence-corrected chi connectivity index (χ4v) is 6.48. The molecule has 0 aliphatic rings. The van der Waals surface area contributed by atoms with Crippen LogP contribution in [0.5, 0.6) is 0 Å². The van der Waals surface area contributed by atoms with Crippen LogP contribution in [0, 0.1) is 0 Å². The van der Waals surface area contributed by atoms with Gasteiger partial charge in [-0.25, -0.2) is 4.57 Å². The Morgan fingerprint density at radius 2 is 1.10 bits per heavy atom. The molecule has 0 aliphatic heterocycles. The number of allylic oxidation sites excluding steroid dienone is 1. The predicted octanol–water partition coefficient (Wildman–Crippen LogP) is 10.4. The van der Waals surface area contributed by atoms with Crippen molar-refractivity contribution in [2.75, 3.05) is 40.9 Å². The van der Waals surface area contributed by atoms with Crippen molar-refractivity contribution in [3.63, 3.8) is 0 Å². The van der Waals surface area contributed by atoms with Gasteiger partial charge in [-0.1, -0.05) is 167 Å². The molecule has 0 aliphatic carbocycles. The van der Waals surface area contributed by atoms with E-state index in [9.17, 15) is 19.4 Å². The second-order valence-corrected chi connectivity index (χ2v) is 16.5. The van der Waals surface area contributed by atoms with E-state index in [0.29, 0.717) is 17.4 Å². The average molecular weight is 704 g/mol. The van der Waals surface area contributed by atoms with E-state index in [0.717, 1.165) is 38.5 Å². The van der Waals surface area contributed by atoms with Crippen LogP contribution >= 0.6 is 7.82 Å². The molecule has 0 aromatic rings. The molecule has 0 aromatic heterocycles. The van der Waals surface area contributed by atoms with Crippen LogP contribution in [-0.2, 0) is 18.4 Å². The van der Waals surface area contributed by atoms with Gasteiger partial charge >= 0.3 is 7.82 Å². The van der Waals surface area contributed by atoms with Crippen molar-refractivity contribution in [2.45, 2.75) is 193 Å². The third-order valence-corrected chi connectivity index (χ3v) is 9.99. The van der Waals surface area contributed by atoms with Gasteiger partial charge in [-0.05, 0) is 19.3 Å². The summed E-state index contributed by atoms with van der Waals surface area (Å²) in [6, 6.07) is -0.837. The Balaban J connectivity index is 4.50. The van der Waals surface area contributed by atoms with E-state index in [1.165, 1.54) is 122 Å². The zero-order valence-corrected chi connectivity index (χ0v) is 33.1. The highest BCUT2D eigenvalue weighted by Gasteiger charge is 2.27. The number of nitrogens with one attached hydrogen (secondary N) is 1. The Labute approximate surface area is 297 Å². The number of unbranched alkanes of at least 4 members (excludes halogenated alkanes) is 23. The van der Waals surface area contributed by atoms with Crippen LogP contribution in [0.15, 0.2) is 12.2 Å². The predicted molar refractivity (Wildman–Crippen MR) is 203 cm³/mol. The maximum atomic E-state index is 12.8. The Morgan fingerprint density at radius 3 is 1.54 bits per heavy atom. The highest BCUT2D eigenvalue weighted by atomic mass is 31.2. The highest BCUT2D eigenvalue weighted by molar-refractivity contribution is 7.47. The summed E-state index contributed by atoms with van der Waals surface area (Å²) in [4.78, 5) is 23.0. The molecule has 3 N–H and O–H groups in total. The van der Waals surface area contributed by atoms with Gasteiger partial charge < -0.3 is 19.8 Å². The molecular formula is C39H80N2O6P+. The van der Waals surface area contributed by atoms with Gasteiger partial charge in [0.15, 0.2) is 0 Å². The lowest BCUT2D eigenvalue weighted by Gasteiger charge is -2.25. The molecule has 1 amide bonds. The second kappa shape index (κ2) is 32.2. The van der Waals surface area contributed by atoms with Gasteiger partial charge in [-0.3, -0.25) is 13.8 Å². The van der Waals surface area contributed by atoms with Crippen LogP contribution < -0.4 is 5.32 Å². The fraction of sp³-hybridized carbons (Fsp3) is 0.923. The van der Waals surface area contributed by atoms with Gasteiger partial charge in [0.1, 0.15) is 13.2 Å². The number of aliphatic hydroxyl groups excluding tert-OH is 1. The largest absolute Gasteiger partial charge is 0.472 e. The first kappa shape index (κ1) is 47.2. The number of amides is 1. The van der Waals surface area contributed by atoms with Crippen molar-refractivity contribution in [1.29, 1.82) is 0 Å². The average Bonchev–Trinajstić information content (AvgIpc) is 3.02. The summed E-state index contributed by atoms with van der Waals surface area (Å²) < 4.78 is 23.5. The van der Waals surface area contributed by atoms with Crippen molar-refractivity contribution >= 4 is 13.7 Å². The van der Waals surface area contributed by atoms with Gasteiger partial charge in [0.25, 0.3) is 0 Å². The number of nitrogens with zero attached hydrogens (tertiary/aromatic N) is 1. The number of carbonyl (C=O) groups excluding carboxylic acids is 1. The molecule has 8 nitrogen and oxygen atoms in total. The summed E-state index contributed by atoms with van der Waals surface area (Å²) in [5.74, 6) is -0.178. The molecule has 286 valence electrons. The van der Waals surface area contributed by atoms with Crippen LogP contribution in [0.1, 0.15) is 181 Å². The summed E-state index contributed by atoms with van der Waals surface area (Å²) in [7, 11) is 1.58. The molecule has 0 radical (unpaired) electrons. The first-order valence-corrected chi connectivity index (χ1v) is 21.6. The van der Waals surface area contributed by atoms with Crippen molar-refractivity contribution < 1.29 is 32.9 Å². The molecule has 0 rings (SSSR count). The first-order valence-electron chi connectivity index (χ1n) is 20.1. The monoisotopic (exact) mass is 704 g/mol. The van der Waals surface area contributed by atoms with E-state index in [1.807, 2.05) is 27.2 Å². The number of phosphoric acid groups is 1. The molecule has 0 saturated carbocycles. The Bertz CT molecular complexity index is 804. The highest BCUT2D eigenvalue weighted by Crippen LogP contribution is 2.43. The van der Waals surface area contributed by atoms with E-state index in [2.05, 4.69) is 19.2 Å². The lowest BCUT2D eigenvalue weighted by Crippen LogP contribution is -2.45. The number of likely N-dealkylation sites (N-methyl/N-ethyl adjacent to an activating group) is 1. The molecule has 0 saturated heterocycles. The van der Waals surface area contributed by atoms with E-state index in [-0.39, 0.29) is 19.1 Å². The van der Waals surface area contributed by atoms with Crippen LogP contribution in [0.25, 0.3) is 0 Å². The first-order chi connectivity index (χ1) is 23.0. The number of hydrogen-bond acceptors (Lipinski definition) is 5. The van der Waals surface area contributed by atoms with Crippen LogP contribution in [0.4, 0.5) is 0 Å². The number of aliphatic hydroxyl groups is 1. The minimum Gasteiger partial charge on any atom is -0.387 e. The van der Waals surface area contributed by atoms with Gasteiger partial charge in [0.2, 0.25) is 5.91 Å². The number of carbonyl (C=O) groups is 1. The van der Waals surface area contributed by atoms with E-state index in [4.69, 9.17) is 9.05 Å². The number of rotatable bonds is 36. The summed E-state index contributed by atoms with van der Waals surface area (Å²) in [6.45, 7) is 4.80. The van der Waals surface area contributed by atoms with E-state index in [1.54, 1.807) is 6.08 Å². The number of quaternary nitrogens is 1. The third kappa shape index (κ3) is 33.7. The third-order valence-electron chi connectivity index (χ3n) is 9.01. The zero-order chi connectivity index (χ0) is 35.8. The Hall–Kier alpha value is -0.760. The quantitative estimate of drug-likeness (QED) is 0.0260. The van der Waals surface area contributed by atoms with Crippen molar-refractivity contribution in [1.82, 2.24) is 5.32 Å². The topological polar surface area (TPSA) is 105 Å². The lowest BCUT2D eigenvalue weighted by molar-refractivity contribution is -0.870.